The van der Waals surface area contributed by atoms with Crippen LogP contribution >= 0.6 is 11.6 Å². The van der Waals surface area contributed by atoms with Gasteiger partial charge in [-0.1, -0.05) is 30.2 Å². The maximum atomic E-state index is 12.4. The monoisotopic (exact) mass is 364 g/mol. The summed E-state index contributed by atoms with van der Waals surface area (Å²) in [5, 5.41) is 4.51. The smallest absolute Gasteiger partial charge is 0.410 e. The van der Waals surface area contributed by atoms with Gasteiger partial charge in [0.2, 0.25) is 0 Å². The van der Waals surface area contributed by atoms with Gasteiger partial charge in [-0.05, 0) is 63.1 Å². The number of ether oxygens (including phenoxy) is 1. The number of benzene rings is 1. The normalized spacial score (nSPS) is 26.4. The summed E-state index contributed by atoms with van der Waals surface area (Å²) < 4.78 is 5.57. The lowest BCUT2D eigenvalue weighted by molar-refractivity contribution is -0.00643. The Hall–Kier alpha value is -1.26. The van der Waals surface area contributed by atoms with Crippen LogP contribution in [0.1, 0.15) is 45.6 Å². The molecule has 1 N–H and O–H groups in total. The Kier molecular flexibility index (Phi) is 5.59. The highest BCUT2D eigenvalue weighted by molar-refractivity contribution is 6.30. The van der Waals surface area contributed by atoms with E-state index in [2.05, 4.69) is 17.4 Å². The first-order valence-corrected chi connectivity index (χ1v) is 9.65. The fourth-order valence-corrected chi connectivity index (χ4v) is 4.21. The van der Waals surface area contributed by atoms with Gasteiger partial charge in [-0.15, -0.1) is 0 Å². The Morgan fingerprint density at radius 1 is 1.20 bits per heavy atom. The molecule has 1 saturated carbocycles. The molecule has 2 unspecified atom stereocenters. The molecule has 2 bridgehead atoms. The van der Waals surface area contributed by atoms with E-state index in [0.29, 0.717) is 17.9 Å². The lowest BCUT2D eigenvalue weighted by atomic mass is 9.73. The molecule has 1 aromatic carbocycles. The fourth-order valence-electron chi connectivity index (χ4n) is 4.08. The summed E-state index contributed by atoms with van der Waals surface area (Å²) >= 11 is 5.96. The zero-order valence-corrected chi connectivity index (χ0v) is 16.2. The molecular weight excluding hydrogens is 336 g/mol. The van der Waals surface area contributed by atoms with Crippen molar-refractivity contribution in [2.45, 2.75) is 58.2 Å². The van der Waals surface area contributed by atoms with Crippen molar-refractivity contribution < 1.29 is 9.53 Å². The summed E-state index contributed by atoms with van der Waals surface area (Å²) in [6.07, 6.45) is 3.44. The molecule has 2 atom stereocenters. The van der Waals surface area contributed by atoms with E-state index in [9.17, 15) is 4.79 Å². The minimum absolute atomic E-state index is 0.166. The van der Waals surface area contributed by atoms with E-state index in [1.807, 2.05) is 37.8 Å². The number of likely N-dealkylation sites (tertiary alicyclic amines) is 1. The van der Waals surface area contributed by atoms with Crippen molar-refractivity contribution in [3.63, 3.8) is 0 Å². The average molecular weight is 365 g/mol. The van der Waals surface area contributed by atoms with Crippen LogP contribution in [0.5, 0.6) is 0 Å². The van der Waals surface area contributed by atoms with Crippen molar-refractivity contribution in [2.75, 3.05) is 13.1 Å². The second-order valence-corrected chi connectivity index (χ2v) is 8.81. The van der Waals surface area contributed by atoms with Gasteiger partial charge in [0.15, 0.2) is 0 Å². The van der Waals surface area contributed by atoms with E-state index in [1.165, 1.54) is 24.8 Å². The minimum atomic E-state index is -0.435. The molecule has 2 fully saturated rings. The SMILES string of the molecule is CC(C)(C)OC(=O)N1CC2CCCC(C1)C2NCc1ccc(Cl)cc1. The molecule has 25 heavy (non-hydrogen) atoms. The molecule has 138 valence electrons. The van der Waals surface area contributed by atoms with Crippen LogP contribution in [0, 0.1) is 11.8 Å². The standard InChI is InChI=1S/C20H29ClN2O2/c1-20(2,3)25-19(24)23-12-15-5-4-6-16(13-23)18(15)22-11-14-7-9-17(21)10-8-14/h7-10,15-16,18,22H,4-6,11-13H2,1-3H3. The Balaban J connectivity index is 1.60. The van der Waals surface area contributed by atoms with Crippen LogP contribution in [0.2, 0.25) is 5.02 Å². The maximum Gasteiger partial charge on any atom is 0.410 e. The number of carbonyl (C=O) groups is 1. The predicted octanol–water partition coefficient (Wildman–Crippen LogP) is 4.47. The summed E-state index contributed by atoms with van der Waals surface area (Å²) in [4.78, 5) is 14.4. The molecule has 1 saturated heterocycles. The Bertz CT molecular complexity index is 583. The van der Waals surface area contributed by atoms with Gasteiger partial charge < -0.3 is 15.0 Å². The molecule has 1 heterocycles. The number of piperidine rings is 1. The van der Waals surface area contributed by atoms with Crippen molar-refractivity contribution in [1.29, 1.82) is 0 Å². The molecule has 0 radical (unpaired) electrons. The number of halogens is 1. The van der Waals surface area contributed by atoms with Crippen LogP contribution in [0.3, 0.4) is 0 Å². The number of nitrogens with zero attached hydrogens (tertiary/aromatic N) is 1. The largest absolute Gasteiger partial charge is 0.444 e. The van der Waals surface area contributed by atoms with Gasteiger partial charge in [0.05, 0.1) is 0 Å². The summed E-state index contributed by atoms with van der Waals surface area (Å²) in [7, 11) is 0. The van der Waals surface area contributed by atoms with Crippen molar-refractivity contribution in [3.05, 3.63) is 34.9 Å². The molecule has 0 spiro atoms. The van der Waals surface area contributed by atoms with Crippen LogP contribution in [-0.4, -0.2) is 35.7 Å². The van der Waals surface area contributed by atoms with Gasteiger partial charge in [0.1, 0.15) is 5.60 Å². The van der Waals surface area contributed by atoms with Crippen LogP contribution in [-0.2, 0) is 11.3 Å². The van der Waals surface area contributed by atoms with Crippen molar-refractivity contribution in [2.24, 2.45) is 11.8 Å². The second-order valence-electron chi connectivity index (χ2n) is 8.37. The highest BCUT2D eigenvalue weighted by atomic mass is 35.5. The first-order chi connectivity index (χ1) is 11.8. The van der Waals surface area contributed by atoms with Crippen LogP contribution in [0.25, 0.3) is 0 Å². The molecule has 5 heteroatoms. The third kappa shape index (κ3) is 4.89. The van der Waals surface area contributed by atoms with Crippen molar-refractivity contribution >= 4 is 17.7 Å². The van der Waals surface area contributed by atoms with Crippen LogP contribution in [0.4, 0.5) is 4.79 Å². The van der Waals surface area contributed by atoms with Crippen molar-refractivity contribution in [3.8, 4) is 0 Å². The van der Waals surface area contributed by atoms with E-state index in [4.69, 9.17) is 16.3 Å². The average Bonchev–Trinajstić information content (AvgIpc) is 2.52. The van der Waals surface area contributed by atoms with E-state index in [1.54, 1.807) is 0 Å². The number of amides is 1. The quantitative estimate of drug-likeness (QED) is 0.860. The van der Waals surface area contributed by atoms with E-state index in [0.717, 1.165) is 24.7 Å². The van der Waals surface area contributed by atoms with E-state index >= 15 is 0 Å². The molecule has 0 aromatic heterocycles. The highest BCUT2D eigenvalue weighted by Crippen LogP contribution is 2.35. The van der Waals surface area contributed by atoms with Gasteiger partial charge >= 0.3 is 6.09 Å². The molecule has 4 nitrogen and oxygen atoms in total. The predicted molar refractivity (Wildman–Crippen MR) is 101 cm³/mol. The van der Waals surface area contributed by atoms with E-state index < -0.39 is 5.60 Å². The molecular formula is C20H29ClN2O2. The van der Waals surface area contributed by atoms with Gasteiger partial charge in [-0.25, -0.2) is 4.79 Å². The van der Waals surface area contributed by atoms with Gasteiger partial charge in [0.25, 0.3) is 0 Å². The highest BCUT2D eigenvalue weighted by Gasteiger charge is 2.41. The number of fused-ring (bicyclic) bond motifs is 2. The number of rotatable bonds is 3. The molecule has 2 aliphatic rings. The lowest BCUT2D eigenvalue weighted by Gasteiger charge is -2.47. The Morgan fingerprint density at radius 2 is 1.80 bits per heavy atom. The Labute approximate surface area is 155 Å². The molecule has 1 aliphatic carbocycles. The topological polar surface area (TPSA) is 41.6 Å². The number of carbonyl (C=O) groups excluding carboxylic acids is 1. The second kappa shape index (κ2) is 7.55. The van der Waals surface area contributed by atoms with Crippen molar-refractivity contribution in [1.82, 2.24) is 10.2 Å². The fraction of sp³-hybridized carbons (Fsp3) is 0.650. The lowest BCUT2D eigenvalue weighted by Crippen LogP contribution is -2.58. The summed E-state index contributed by atoms with van der Waals surface area (Å²) in [6.45, 7) is 8.21. The minimum Gasteiger partial charge on any atom is -0.444 e. The third-order valence-electron chi connectivity index (χ3n) is 5.18. The zero-order chi connectivity index (χ0) is 18.0. The van der Waals surface area contributed by atoms with E-state index in [-0.39, 0.29) is 6.09 Å². The first kappa shape index (κ1) is 18.5. The van der Waals surface area contributed by atoms with Gasteiger partial charge in [-0.3, -0.25) is 0 Å². The first-order valence-electron chi connectivity index (χ1n) is 9.27. The number of hydrogen-bond acceptors (Lipinski definition) is 3. The maximum absolute atomic E-state index is 12.4. The zero-order valence-electron chi connectivity index (χ0n) is 15.4. The van der Waals surface area contributed by atoms with Crippen LogP contribution in [0.15, 0.2) is 24.3 Å². The van der Waals surface area contributed by atoms with Crippen LogP contribution < -0.4 is 5.32 Å². The third-order valence-corrected chi connectivity index (χ3v) is 5.43. The number of nitrogens with one attached hydrogen (secondary N) is 1. The molecule has 1 amide bonds. The molecule has 3 rings (SSSR count). The van der Waals surface area contributed by atoms with Gasteiger partial charge in [0, 0.05) is 30.7 Å². The molecule has 1 aliphatic heterocycles. The summed E-state index contributed by atoms with van der Waals surface area (Å²) in [6, 6.07) is 8.49. The molecule has 1 aromatic rings. The summed E-state index contributed by atoms with van der Waals surface area (Å²) in [5.74, 6) is 1.01. The number of hydrogen-bond donors (Lipinski definition) is 1. The Morgan fingerprint density at radius 3 is 2.36 bits per heavy atom. The van der Waals surface area contributed by atoms with Gasteiger partial charge in [-0.2, -0.15) is 0 Å². The summed E-state index contributed by atoms with van der Waals surface area (Å²) in [5.41, 5.74) is 0.813.